The largest absolute Gasteiger partial charge is 0.399 e. The van der Waals surface area contributed by atoms with E-state index in [0.29, 0.717) is 17.2 Å². The van der Waals surface area contributed by atoms with Crippen molar-refractivity contribution in [2.24, 2.45) is 5.16 Å². The van der Waals surface area contributed by atoms with E-state index in [1.807, 2.05) is 0 Å². The summed E-state index contributed by atoms with van der Waals surface area (Å²) in [5.41, 5.74) is 0.629. The van der Waals surface area contributed by atoms with Gasteiger partial charge in [-0.3, -0.25) is 9.69 Å². The lowest BCUT2D eigenvalue weighted by Gasteiger charge is -2.07. The topological polar surface area (TPSA) is 54.8 Å². The van der Waals surface area contributed by atoms with Crippen LogP contribution in [0.2, 0.25) is 0 Å². The van der Waals surface area contributed by atoms with Crippen LogP contribution in [-0.2, 0) is 9.63 Å². The normalized spacial score (nSPS) is 10.4. The number of thiazole rings is 1. The molecule has 0 bridgehead atoms. The van der Waals surface area contributed by atoms with Crippen LogP contribution in [0, 0.1) is 0 Å². The molecule has 1 aromatic heterocycles. The van der Waals surface area contributed by atoms with Crippen molar-refractivity contribution in [1.82, 2.24) is 4.98 Å². The van der Waals surface area contributed by atoms with Crippen LogP contribution in [0.5, 0.6) is 0 Å². The highest BCUT2D eigenvalue weighted by atomic mass is 35.5. The predicted octanol–water partition coefficient (Wildman–Crippen LogP) is 1.28. The second kappa shape index (κ2) is 5.56. The third kappa shape index (κ3) is 2.68. The predicted molar refractivity (Wildman–Crippen MR) is 56.0 cm³/mol. The maximum Gasteiger partial charge on any atom is 0.216 e. The molecule has 0 spiro atoms. The van der Waals surface area contributed by atoms with E-state index in [2.05, 4.69) is 15.0 Å². The molecule has 0 aliphatic heterocycles. The number of carbonyl (C=O) groups excluding carboxylic acids is 1. The van der Waals surface area contributed by atoms with Crippen LogP contribution in [0.25, 0.3) is 0 Å². The molecule has 0 atom stereocenters. The molecule has 0 aromatic carbocycles. The van der Waals surface area contributed by atoms with Gasteiger partial charge < -0.3 is 4.84 Å². The number of hydrogen-bond acceptors (Lipinski definition) is 5. The minimum atomic E-state index is 0.0812. The number of rotatable bonds is 5. The Morgan fingerprint density at radius 1 is 1.86 bits per heavy atom. The van der Waals surface area contributed by atoms with E-state index in [-0.39, 0.29) is 6.00 Å². The Hall–Kier alpha value is -1.14. The summed E-state index contributed by atoms with van der Waals surface area (Å²) in [6.07, 6.45) is 2.08. The first-order valence-corrected chi connectivity index (χ1v) is 5.03. The van der Waals surface area contributed by atoms with Gasteiger partial charge in [0.1, 0.15) is 13.1 Å². The maximum absolute atomic E-state index is 10.5. The molecule has 0 aliphatic rings. The number of anilines is 1. The first-order chi connectivity index (χ1) is 6.81. The van der Waals surface area contributed by atoms with Crippen LogP contribution in [0.15, 0.2) is 10.5 Å². The average Bonchev–Trinajstić information content (AvgIpc) is 2.65. The summed E-state index contributed by atoms with van der Waals surface area (Å²) in [6.45, 7) is 0. The number of hydrogen-bond donors (Lipinski definition) is 0. The quantitative estimate of drug-likeness (QED) is 0.253. The Bertz CT molecular complexity index is 328. The Kier molecular flexibility index (Phi) is 4.34. The number of aromatic nitrogens is 1. The van der Waals surface area contributed by atoms with Gasteiger partial charge in [0.15, 0.2) is 5.13 Å². The summed E-state index contributed by atoms with van der Waals surface area (Å²) in [5.74, 6) is 0. The van der Waals surface area contributed by atoms with E-state index in [4.69, 9.17) is 11.6 Å². The molecule has 0 saturated heterocycles. The van der Waals surface area contributed by atoms with Gasteiger partial charge in [-0.05, 0) is 0 Å². The van der Waals surface area contributed by atoms with E-state index in [0.717, 1.165) is 0 Å². The molecule has 0 N–H and O–H groups in total. The SMILES string of the molecule is CO/N=C/c1csc(N(C=O)CCl)n1. The summed E-state index contributed by atoms with van der Waals surface area (Å²) in [7, 11) is 1.44. The van der Waals surface area contributed by atoms with Crippen molar-refractivity contribution in [3.63, 3.8) is 0 Å². The molecule has 14 heavy (non-hydrogen) atoms. The third-order valence-electron chi connectivity index (χ3n) is 1.30. The Labute approximate surface area is 89.9 Å². The van der Waals surface area contributed by atoms with Gasteiger partial charge in [-0.25, -0.2) is 4.98 Å². The maximum atomic E-state index is 10.5. The van der Waals surface area contributed by atoms with Gasteiger partial charge in [-0.1, -0.05) is 5.16 Å². The summed E-state index contributed by atoms with van der Waals surface area (Å²) >= 11 is 6.83. The Morgan fingerprint density at radius 2 is 2.64 bits per heavy atom. The molecular weight excluding hydrogens is 226 g/mol. The fraction of sp³-hybridized carbons (Fsp3) is 0.286. The number of oxime groups is 1. The van der Waals surface area contributed by atoms with Crippen molar-refractivity contribution in [3.05, 3.63) is 11.1 Å². The van der Waals surface area contributed by atoms with Gasteiger partial charge in [0.05, 0.1) is 11.9 Å². The van der Waals surface area contributed by atoms with Crippen LogP contribution in [-0.4, -0.2) is 30.7 Å². The molecular formula is C7H8ClN3O2S. The molecule has 0 fully saturated rings. The van der Waals surface area contributed by atoms with Crippen LogP contribution in [0.3, 0.4) is 0 Å². The van der Waals surface area contributed by atoms with Gasteiger partial charge in [-0.2, -0.15) is 0 Å². The lowest BCUT2D eigenvalue weighted by Crippen LogP contribution is -2.18. The van der Waals surface area contributed by atoms with E-state index in [1.165, 1.54) is 29.6 Å². The average molecular weight is 234 g/mol. The fourth-order valence-corrected chi connectivity index (χ4v) is 1.68. The smallest absolute Gasteiger partial charge is 0.216 e. The van der Waals surface area contributed by atoms with Gasteiger partial charge in [0.25, 0.3) is 0 Å². The third-order valence-corrected chi connectivity index (χ3v) is 2.46. The molecule has 76 valence electrons. The van der Waals surface area contributed by atoms with Gasteiger partial charge in [-0.15, -0.1) is 22.9 Å². The van der Waals surface area contributed by atoms with Crippen molar-refractivity contribution in [2.45, 2.75) is 0 Å². The van der Waals surface area contributed by atoms with Crippen LogP contribution in [0.1, 0.15) is 5.69 Å². The summed E-state index contributed by atoms with van der Waals surface area (Å²) in [6, 6.07) is 0.0812. The zero-order chi connectivity index (χ0) is 10.4. The Balaban J connectivity index is 2.76. The van der Waals surface area contributed by atoms with Crippen molar-refractivity contribution >= 4 is 40.7 Å². The number of alkyl halides is 1. The second-order valence-corrected chi connectivity index (χ2v) is 3.24. The highest BCUT2D eigenvalue weighted by Gasteiger charge is 2.07. The van der Waals surface area contributed by atoms with E-state index in [9.17, 15) is 4.79 Å². The van der Waals surface area contributed by atoms with E-state index in [1.54, 1.807) is 5.38 Å². The molecule has 5 nitrogen and oxygen atoms in total. The first-order valence-electron chi connectivity index (χ1n) is 3.61. The number of carbonyl (C=O) groups is 1. The minimum Gasteiger partial charge on any atom is -0.399 e. The van der Waals surface area contributed by atoms with Crippen LogP contribution >= 0.6 is 22.9 Å². The van der Waals surface area contributed by atoms with Crippen molar-refractivity contribution in [1.29, 1.82) is 0 Å². The zero-order valence-electron chi connectivity index (χ0n) is 7.38. The monoisotopic (exact) mass is 233 g/mol. The highest BCUT2D eigenvalue weighted by molar-refractivity contribution is 7.14. The van der Waals surface area contributed by atoms with Crippen LogP contribution in [0.4, 0.5) is 5.13 Å². The molecule has 0 unspecified atom stereocenters. The number of nitrogens with zero attached hydrogens (tertiary/aromatic N) is 3. The van der Waals surface area contributed by atoms with Crippen LogP contribution < -0.4 is 4.90 Å². The summed E-state index contributed by atoms with van der Waals surface area (Å²) < 4.78 is 0. The van der Waals surface area contributed by atoms with Crippen molar-refractivity contribution < 1.29 is 9.63 Å². The van der Waals surface area contributed by atoms with Crippen molar-refractivity contribution in [2.75, 3.05) is 18.0 Å². The van der Waals surface area contributed by atoms with E-state index < -0.39 is 0 Å². The summed E-state index contributed by atoms with van der Waals surface area (Å²) in [4.78, 5) is 20.4. The van der Waals surface area contributed by atoms with Crippen molar-refractivity contribution in [3.8, 4) is 0 Å². The molecule has 7 heteroatoms. The minimum absolute atomic E-state index is 0.0812. The van der Waals surface area contributed by atoms with Gasteiger partial charge >= 0.3 is 0 Å². The molecule has 1 rings (SSSR count). The lowest BCUT2D eigenvalue weighted by atomic mass is 10.5. The molecule has 1 aromatic rings. The van der Waals surface area contributed by atoms with E-state index >= 15 is 0 Å². The standard InChI is InChI=1S/C7H8ClN3O2S/c1-13-9-2-6-3-14-7(10-6)11(4-8)5-12/h2-3,5H,4H2,1H3/b9-2+. The molecule has 0 radical (unpaired) electrons. The molecule has 0 saturated carbocycles. The Morgan fingerprint density at radius 3 is 3.21 bits per heavy atom. The second-order valence-electron chi connectivity index (χ2n) is 2.17. The first kappa shape index (κ1) is 10.9. The fourth-order valence-electron chi connectivity index (χ4n) is 0.699. The van der Waals surface area contributed by atoms with Gasteiger partial charge in [0, 0.05) is 5.38 Å². The number of amides is 1. The lowest BCUT2D eigenvalue weighted by molar-refractivity contribution is -0.107. The summed E-state index contributed by atoms with van der Waals surface area (Å²) in [5, 5.41) is 5.83. The molecule has 1 amide bonds. The zero-order valence-corrected chi connectivity index (χ0v) is 8.96. The molecule has 1 heterocycles. The number of halogens is 1. The highest BCUT2D eigenvalue weighted by Crippen LogP contribution is 2.18. The van der Waals surface area contributed by atoms with Gasteiger partial charge in [0.2, 0.25) is 6.41 Å². The molecule has 0 aliphatic carbocycles.